The first-order valence-electron chi connectivity index (χ1n) is 7.97. The first-order valence-corrected chi connectivity index (χ1v) is 8.35. The van der Waals surface area contributed by atoms with E-state index in [1.165, 1.54) is 11.0 Å². The average molecular weight is 374 g/mol. The van der Waals surface area contributed by atoms with E-state index in [4.69, 9.17) is 11.6 Å². The summed E-state index contributed by atoms with van der Waals surface area (Å²) in [6, 6.07) is 11.4. The molecule has 2 aromatic rings. The molecule has 1 saturated heterocycles. The number of carbonyl (C=O) groups excluding carboxylic acids is 2. The van der Waals surface area contributed by atoms with Gasteiger partial charge < -0.3 is 10.2 Å². The Labute approximate surface area is 154 Å². The molecule has 7 nitrogen and oxygen atoms in total. The average Bonchev–Trinajstić information content (AvgIpc) is 2.98. The minimum Gasteiger partial charge on any atom is -0.326 e. The van der Waals surface area contributed by atoms with Crippen LogP contribution in [0.3, 0.4) is 0 Å². The second kappa shape index (κ2) is 7.13. The van der Waals surface area contributed by atoms with Gasteiger partial charge in [-0.2, -0.15) is 0 Å². The Morgan fingerprint density at radius 1 is 1.31 bits per heavy atom. The second-order valence-electron chi connectivity index (χ2n) is 6.13. The van der Waals surface area contributed by atoms with Crippen LogP contribution in [0.5, 0.6) is 0 Å². The van der Waals surface area contributed by atoms with Crippen LogP contribution in [0.1, 0.15) is 12.0 Å². The van der Waals surface area contributed by atoms with Crippen molar-refractivity contribution >= 4 is 40.5 Å². The summed E-state index contributed by atoms with van der Waals surface area (Å²) in [5.41, 5.74) is 1.42. The molecule has 0 bridgehead atoms. The van der Waals surface area contributed by atoms with Gasteiger partial charge in [-0.25, -0.2) is 0 Å². The zero-order valence-electron chi connectivity index (χ0n) is 13.9. The number of aryl methyl sites for hydroxylation is 1. The fraction of sp³-hybridized carbons (Fsp3) is 0.222. The standard InChI is InChI=1S/C18H16ClN3O4/c1-11-5-6-14(9-16(11)22(25)26)20-18(24)12-7-17(23)21(10-12)15-4-2-3-13(19)8-15/h2-6,8-9,12H,7,10H2,1H3,(H,20,24)/t12-/m1/s1. The number of rotatable bonds is 4. The molecule has 3 rings (SSSR count). The molecule has 0 saturated carbocycles. The number of hydrogen-bond donors (Lipinski definition) is 1. The van der Waals surface area contributed by atoms with Crippen LogP contribution in [0, 0.1) is 23.0 Å². The third kappa shape index (κ3) is 3.67. The van der Waals surface area contributed by atoms with Crippen molar-refractivity contribution in [3.8, 4) is 0 Å². The molecule has 0 aromatic heterocycles. The van der Waals surface area contributed by atoms with E-state index in [1.54, 1.807) is 43.3 Å². The van der Waals surface area contributed by atoms with Gasteiger partial charge in [-0.3, -0.25) is 19.7 Å². The number of benzene rings is 2. The Balaban J connectivity index is 1.72. The Bertz CT molecular complexity index is 900. The first-order chi connectivity index (χ1) is 12.3. The summed E-state index contributed by atoms with van der Waals surface area (Å²) in [6.45, 7) is 1.86. The van der Waals surface area contributed by atoms with Gasteiger partial charge in [0.25, 0.3) is 5.69 Å². The maximum atomic E-state index is 12.5. The quantitative estimate of drug-likeness (QED) is 0.655. The fourth-order valence-electron chi connectivity index (χ4n) is 2.90. The minimum atomic E-state index is -0.540. The summed E-state index contributed by atoms with van der Waals surface area (Å²) in [7, 11) is 0. The van der Waals surface area contributed by atoms with E-state index in [-0.39, 0.29) is 30.5 Å². The van der Waals surface area contributed by atoms with Crippen LogP contribution in [0.15, 0.2) is 42.5 Å². The number of nitrogens with one attached hydrogen (secondary N) is 1. The molecule has 1 aliphatic rings. The molecule has 1 heterocycles. The van der Waals surface area contributed by atoms with Crippen molar-refractivity contribution in [3.05, 3.63) is 63.2 Å². The summed E-state index contributed by atoms with van der Waals surface area (Å²) in [4.78, 5) is 36.8. The number of halogens is 1. The summed E-state index contributed by atoms with van der Waals surface area (Å²) in [6.07, 6.45) is 0.0757. The number of nitrogens with zero attached hydrogens (tertiary/aromatic N) is 2. The molecule has 0 spiro atoms. The van der Waals surface area contributed by atoms with Gasteiger partial charge in [-0.05, 0) is 31.2 Å². The van der Waals surface area contributed by atoms with Gasteiger partial charge in [-0.15, -0.1) is 0 Å². The van der Waals surface area contributed by atoms with Crippen LogP contribution in [-0.2, 0) is 9.59 Å². The summed E-state index contributed by atoms with van der Waals surface area (Å²) in [5.74, 6) is -1.05. The van der Waals surface area contributed by atoms with Crippen LogP contribution >= 0.6 is 11.6 Å². The molecule has 26 heavy (non-hydrogen) atoms. The van der Waals surface area contributed by atoms with Crippen LogP contribution < -0.4 is 10.2 Å². The highest BCUT2D eigenvalue weighted by Gasteiger charge is 2.35. The molecule has 1 fully saturated rings. The second-order valence-corrected chi connectivity index (χ2v) is 6.57. The SMILES string of the molecule is Cc1ccc(NC(=O)[C@@H]2CC(=O)N(c3cccc(Cl)c3)C2)cc1[N+](=O)[O-]. The molecule has 0 aliphatic carbocycles. The van der Waals surface area contributed by atoms with E-state index < -0.39 is 10.8 Å². The largest absolute Gasteiger partial charge is 0.326 e. The lowest BCUT2D eigenvalue weighted by Gasteiger charge is -2.17. The predicted molar refractivity (Wildman–Crippen MR) is 98.4 cm³/mol. The highest BCUT2D eigenvalue weighted by molar-refractivity contribution is 6.31. The molecular weight excluding hydrogens is 358 g/mol. The maximum absolute atomic E-state index is 12.5. The van der Waals surface area contributed by atoms with Gasteiger partial charge >= 0.3 is 0 Å². The Morgan fingerprint density at radius 2 is 2.08 bits per heavy atom. The monoisotopic (exact) mass is 373 g/mol. The van der Waals surface area contributed by atoms with Gasteiger partial charge in [0.05, 0.1) is 10.8 Å². The van der Waals surface area contributed by atoms with Crippen molar-refractivity contribution in [1.82, 2.24) is 0 Å². The maximum Gasteiger partial charge on any atom is 0.274 e. The fourth-order valence-corrected chi connectivity index (χ4v) is 3.09. The van der Waals surface area contributed by atoms with Crippen molar-refractivity contribution in [2.24, 2.45) is 5.92 Å². The van der Waals surface area contributed by atoms with Crippen molar-refractivity contribution in [2.75, 3.05) is 16.8 Å². The smallest absolute Gasteiger partial charge is 0.274 e. The number of nitro benzene ring substituents is 1. The van der Waals surface area contributed by atoms with E-state index in [9.17, 15) is 19.7 Å². The number of anilines is 2. The van der Waals surface area contributed by atoms with Gasteiger partial charge in [0.1, 0.15) is 0 Å². The molecular formula is C18H16ClN3O4. The van der Waals surface area contributed by atoms with Gasteiger partial charge in [0.15, 0.2) is 0 Å². The predicted octanol–water partition coefficient (Wildman–Crippen LogP) is 3.55. The lowest BCUT2D eigenvalue weighted by Crippen LogP contribution is -2.28. The minimum absolute atomic E-state index is 0.0640. The van der Waals surface area contributed by atoms with E-state index in [1.807, 2.05) is 0 Å². The molecule has 2 amide bonds. The van der Waals surface area contributed by atoms with E-state index in [2.05, 4.69) is 5.32 Å². The lowest BCUT2D eigenvalue weighted by atomic mass is 10.1. The van der Waals surface area contributed by atoms with Crippen LogP contribution in [0.2, 0.25) is 5.02 Å². The van der Waals surface area contributed by atoms with Crippen molar-refractivity contribution in [3.63, 3.8) is 0 Å². The molecule has 0 radical (unpaired) electrons. The summed E-state index contributed by atoms with van der Waals surface area (Å²) >= 11 is 5.96. The van der Waals surface area contributed by atoms with Crippen LogP contribution in [0.25, 0.3) is 0 Å². The zero-order valence-corrected chi connectivity index (χ0v) is 14.7. The molecule has 2 aromatic carbocycles. The van der Waals surface area contributed by atoms with E-state index >= 15 is 0 Å². The summed E-state index contributed by atoms with van der Waals surface area (Å²) < 4.78 is 0. The zero-order chi connectivity index (χ0) is 18.8. The third-order valence-electron chi connectivity index (χ3n) is 4.29. The Morgan fingerprint density at radius 3 is 2.77 bits per heavy atom. The molecule has 1 N–H and O–H groups in total. The van der Waals surface area contributed by atoms with E-state index in [0.717, 1.165) is 0 Å². The third-order valence-corrected chi connectivity index (χ3v) is 4.52. The van der Waals surface area contributed by atoms with Gasteiger partial charge in [-0.1, -0.05) is 23.7 Å². The molecule has 1 aliphatic heterocycles. The van der Waals surface area contributed by atoms with Crippen molar-refractivity contribution in [2.45, 2.75) is 13.3 Å². The molecule has 0 unspecified atom stereocenters. The number of carbonyl (C=O) groups is 2. The number of hydrogen-bond acceptors (Lipinski definition) is 4. The highest BCUT2D eigenvalue weighted by Crippen LogP contribution is 2.28. The topological polar surface area (TPSA) is 92.6 Å². The number of nitro groups is 1. The first kappa shape index (κ1) is 17.9. The Kier molecular flexibility index (Phi) is 4.90. The molecule has 8 heteroatoms. The lowest BCUT2D eigenvalue weighted by molar-refractivity contribution is -0.385. The van der Waals surface area contributed by atoms with Gasteiger partial charge in [0, 0.05) is 41.0 Å². The van der Waals surface area contributed by atoms with Crippen molar-refractivity contribution in [1.29, 1.82) is 0 Å². The highest BCUT2D eigenvalue weighted by atomic mass is 35.5. The Hall–Kier alpha value is -2.93. The van der Waals surface area contributed by atoms with Crippen LogP contribution in [0.4, 0.5) is 17.1 Å². The molecule has 1 atom stereocenters. The van der Waals surface area contributed by atoms with Gasteiger partial charge in [0.2, 0.25) is 11.8 Å². The summed E-state index contributed by atoms with van der Waals surface area (Å²) in [5, 5.41) is 14.2. The number of amides is 2. The van der Waals surface area contributed by atoms with Crippen LogP contribution in [-0.4, -0.2) is 23.3 Å². The van der Waals surface area contributed by atoms with E-state index in [0.29, 0.717) is 22.0 Å². The molecule has 134 valence electrons. The normalized spacial score (nSPS) is 16.6. The van der Waals surface area contributed by atoms with Crippen molar-refractivity contribution < 1.29 is 14.5 Å².